The summed E-state index contributed by atoms with van der Waals surface area (Å²) in [6.07, 6.45) is 0. The van der Waals surface area contributed by atoms with Crippen molar-refractivity contribution in [1.82, 2.24) is 0 Å². The molecule has 0 aliphatic rings. The average Bonchev–Trinajstić information content (AvgIpc) is 2.31. The van der Waals surface area contributed by atoms with Crippen LogP contribution in [0.3, 0.4) is 0 Å². The molecule has 0 saturated carbocycles. The lowest BCUT2D eigenvalue weighted by molar-refractivity contribution is -0.385. The van der Waals surface area contributed by atoms with E-state index in [4.69, 9.17) is 5.73 Å². The minimum atomic E-state index is -0.389. The van der Waals surface area contributed by atoms with Gasteiger partial charge in [-0.15, -0.1) is 0 Å². The number of rotatable bonds is 3. The van der Waals surface area contributed by atoms with Crippen LogP contribution in [-0.4, -0.2) is 4.92 Å². The standard InChI is InChI=1S/C13H13N3O2/c1-9-5-6-12(8-13(9)16(17)18)15-11-4-2-3-10(14)7-11/h2-8,15H,14H2,1H3. The van der Waals surface area contributed by atoms with Crippen molar-refractivity contribution in [3.8, 4) is 0 Å². The Morgan fingerprint density at radius 1 is 1.17 bits per heavy atom. The molecule has 18 heavy (non-hydrogen) atoms. The van der Waals surface area contributed by atoms with E-state index in [1.54, 1.807) is 31.2 Å². The monoisotopic (exact) mass is 243 g/mol. The van der Waals surface area contributed by atoms with Crippen molar-refractivity contribution < 1.29 is 4.92 Å². The normalized spacial score (nSPS) is 10.1. The first-order chi connectivity index (χ1) is 8.56. The number of nitrogens with zero attached hydrogens (tertiary/aromatic N) is 1. The van der Waals surface area contributed by atoms with Crippen LogP contribution in [0, 0.1) is 17.0 Å². The second kappa shape index (κ2) is 4.75. The number of nitrogens with one attached hydrogen (secondary N) is 1. The summed E-state index contributed by atoms with van der Waals surface area (Å²) >= 11 is 0. The predicted molar refractivity (Wildman–Crippen MR) is 72.0 cm³/mol. The lowest BCUT2D eigenvalue weighted by Crippen LogP contribution is -1.96. The third-order valence-electron chi connectivity index (χ3n) is 2.58. The highest BCUT2D eigenvalue weighted by molar-refractivity contribution is 5.66. The zero-order valence-corrected chi connectivity index (χ0v) is 9.88. The Morgan fingerprint density at radius 3 is 2.56 bits per heavy atom. The number of nitro groups is 1. The van der Waals surface area contributed by atoms with Crippen LogP contribution in [0.2, 0.25) is 0 Å². The summed E-state index contributed by atoms with van der Waals surface area (Å²) in [5, 5.41) is 13.9. The van der Waals surface area contributed by atoms with Crippen LogP contribution in [0.25, 0.3) is 0 Å². The number of nitrogens with two attached hydrogens (primary N) is 1. The number of aryl methyl sites for hydroxylation is 1. The summed E-state index contributed by atoms with van der Waals surface area (Å²) < 4.78 is 0. The van der Waals surface area contributed by atoms with Crippen molar-refractivity contribution in [3.05, 3.63) is 58.1 Å². The van der Waals surface area contributed by atoms with Crippen LogP contribution in [0.5, 0.6) is 0 Å². The van der Waals surface area contributed by atoms with Gasteiger partial charge < -0.3 is 11.1 Å². The van der Waals surface area contributed by atoms with Gasteiger partial charge in [-0.3, -0.25) is 10.1 Å². The summed E-state index contributed by atoms with van der Waals surface area (Å²) in [6.45, 7) is 1.71. The number of nitrogen functional groups attached to an aromatic ring is 1. The molecule has 0 amide bonds. The molecule has 2 aromatic rings. The third kappa shape index (κ3) is 2.57. The van der Waals surface area contributed by atoms with Gasteiger partial charge in [0.05, 0.1) is 4.92 Å². The molecule has 3 N–H and O–H groups in total. The van der Waals surface area contributed by atoms with Crippen LogP contribution < -0.4 is 11.1 Å². The molecular formula is C13H13N3O2. The summed E-state index contributed by atoms with van der Waals surface area (Å²) in [7, 11) is 0. The molecule has 2 rings (SSSR count). The fourth-order valence-corrected chi connectivity index (χ4v) is 1.67. The molecule has 0 aliphatic heterocycles. The van der Waals surface area contributed by atoms with Gasteiger partial charge in [-0.25, -0.2) is 0 Å². The van der Waals surface area contributed by atoms with Crippen LogP contribution in [0.1, 0.15) is 5.56 Å². The van der Waals surface area contributed by atoms with Gasteiger partial charge in [0.2, 0.25) is 0 Å². The molecule has 92 valence electrons. The number of anilines is 3. The summed E-state index contributed by atoms with van der Waals surface area (Å²) in [5.41, 5.74) is 8.51. The van der Waals surface area contributed by atoms with E-state index < -0.39 is 0 Å². The number of benzene rings is 2. The Kier molecular flexibility index (Phi) is 3.14. The van der Waals surface area contributed by atoms with Gasteiger partial charge in [0.25, 0.3) is 5.69 Å². The predicted octanol–water partition coefficient (Wildman–Crippen LogP) is 3.23. The van der Waals surface area contributed by atoms with Gasteiger partial charge in [0.1, 0.15) is 0 Å². The molecular weight excluding hydrogens is 230 g/mol. The largest absolute Gasteiger partial charge is 0.399 e. The molecule has 0 atom stereocenters. The molecule has 5 nitrogen and oxygen atoms in total. The van der Waals surface area contributed by atoms with Gasteiger partial charge >= 0.3 is 0 Å². The van der Waals surface area contributed by atoms with Crippen molar-refractivity contribution in [2.75, 3.05) is 11.1 Å². The molecule has 2 aromatic carbocycles. The van der Waals surface area contributed by atoms with Crippen molar-refractivity contribution in [2.45, 2.75) is 6.92 Å². The average molecular weight is 243 g/mol. The summed E-state index contributed by atoms with van der Waals surface area (Å²) in [4.78, 5) is 10.4. The fraction of sp³-hybridized carbons (Fsp3) is 0.0769. The molecule has 0 unspecified atom stereocenters. The van der Waals surface area contributed by atoms with E-state index in [1.165, 1.54) is 6.07 Å². The lowest BCUT2D eigenvalue weighted by atomic mass is 10.2. The summed E-state index contributed by atoms with van der Waals surface area (Å²) in [6, 6.07) is 12.2. The highest BCUT2D eigenvalue weighted by atomic mass is 16.6. The molecule has 0 aromatic heterocycles. The lowest BCUT2D eigenvalue weighted by Gasteiger charge is -2.07. The van der Waals surface area contributed by atoms with Crippen LogP contribution >= 0.6 is 0 Å². The Labute approximate surface area is 104 Å². The molecule has 0 radical (unpaired) electrons. The van der Waals surface area contributed by atoms with Gasteiger partial charge in [0.15, 0.2) is 0 Å². The van der Waals surface area contributed by atoms with E-state index in [9.17, 15) is 10.1 Å². The van der Waals surface area contributed by atoms with Crippen molar-refractivity contribution in [2.24, 2.45) is 0 Å². The molecule has 5 heteroatoms. The molecule has 0 bridgehead atoms. The van der Waals surface area contributed by atoms with Gasteiger partial charge in [0, 0.05) is 28.7 Å². The number of nitro benzene ring substituents is 1. The Morgan fingerprint density at radius 2 is 1.89 bits per heavy atom. The maximum atomic E-state index is 10.8. The quantitative estimate of drug-likeness (QED) is 0.492. The second-order valence-corrected chi connectivity index (χ2v) is 4.01. The first-order valence-electron chi connectivity index (χ1n) is 5.44. The zero-order valence-electron chi connectivity index (χ0n) is 9.88. The van der Waals surface area contributed by atoms with E-state index in [-0.39, 0.29) is 10.6 Å². The number of hydrogen-bond donors (Lipinski definition) is 2. The minimum Gasteiger partial charge on any atom is -0.399 e. The molecule has 0 heterocycles. The van der Waals surface area contributed by atoms with Gasteiger partial charge in [-0.1, -0.05) is 12.1 Å². The highest BCUT2D eigenvalue weighted by Gasteiger charge is 2.10. The van der Waals surface area contributed by atoms with E-state index >= 15 is 0 Å². The van der Waals surface area contributed by atoms with Gasteiger partial charge in [-0.05, 0) is 31.2 Å². The van der Waals surface area contributed by atoms with Crippen molar-refractivity contribution >= 4 is 22.7 Å². The zero-order chi connectivity index (χ0) is 13.1. The van der Waals surface area contributed by atoms with Crippen LogP contribution in [-0.2, 0) is 0 Å². The third-order valence-corrected chi connectivity index (χ3v) is 2.58. The smallest absolute Gasteiger partial charge is 0.274 e. The molecule has 0 fully saturated rings. The fourth-order valence-electron chi connectivity index (χ4n) is 1.67. The molecule has 0 aliphatic carbocycles. The SMILES string of the molecule is Cc1ccc(Nc2cccc(N)c2)cc1[N+](=O)[O-]. The topological polar surface area (TPSA) is 81.2 Å². The van der Waals surface area contributed by atoms with Crippen molar-refractivity contribution in [1.29, 1.82) is 0 Å². The maximum Gasteiger partial charge on any atom is 0.274 e. The maximum absolute atomic E-state index is 10.8. The Hall–Kier alpha value is -2.56. The van der Waals surface area contributed by atoms with E-state index in [1.807, 2.05) is 12.1 Å². The molecule has 0 saturated heterocycles. The first kappa shape index (κ1) is 11.9. The Balaban J connectivity index is 2.30. The number of hydrogen-bond acceptors (Lipinski definition) is 4. The second-order valence-electron chi connectivity index (χ2n) is 4.01. The van der Waals surface area contributed by atoms with Crippen molar-refractivity contribution in [3.63, 3.8) is 0 Å². The van der Waals surface area contributed by atoms with Gasteiger partial charge in [-0.2, -0.15) is 0 Å². The molecule has 0 spiro atoms. The van der Waals surface area contributed by atoms with E-state index in [0.717, 1.165) is 5.69 Å². The highest BCUT2D eigenvalue weighted by Crippen LogP contribution is 2.25. The minimum absolute atomic E-state index is 0.101. The van der Waals surface area contributed by atoms with Crippen LogP contribution in [0.15, 0.2) is 42.5 Å². The first-order valence-corrected chi connectivity index (χ1v) is 5.44. The summed E-state index contributed by atoms with van der Waals surface area (Å²) in [5.74, 6) is 0. The van der Waals surface area contributed by atoms with E-state index in [2.05, 4.69) is 5.32 Å². The van der Waals surface area contributed by atoms with Crippen LogP contribution in [0.4, 0.5) is 22.7 Å². The van der Waals surface area contributed by atoms with E-state index in [0.29, 0.717) is 16.9 Å². The Bertz CT molecular complexity index is 597.